The smallest absolute Gasteiger partial charge is 0.408 e. The summed E-state index contributed by atoms with van der Waals surface area (Å²) >= 11 is 0. The Hall–Kier alpha value is -4.75. The van der Waals surface area contributed by atoms with Crippen LogP contribution in [0.1, 0.15) is 79.0 Å². The number of pyridine rings is 1. The standard InChI is InChI=1S/C30H34F2N4O8/c1-16(34-29(39)44-30(2,3)4)24-21(14-33-25(37)19-7-6-8-20(35-19)27(38)40-5)36-26(43-24)18-11-12-22(42-28(31)32)23(13-18)41-15-17-9-10-17/h6-8,11-13,16-17,28H,9-10,14-15H2,1-5H3,(H,33,37)(H,34,39)/t16-/m0/s1. The summed E-state index contributed by atoms with van der Waals surface area (Å²) in [7, 11) is 1.20. The third-order valence-electron chi connectivity index (χ3n) is 6.22. The van der Waals surface area contributed by atoms with E-state index < -0.39 is 36.2 Å². The number of nitrogens with zero attached hydrogens (tertiary/aromatic N) is 2. The van der Waals surface area contributed by atoms with Gasteiger partial charge in [0, 0.05) is 5.56 Å². The summed E-state index contributed by atoms with van der Waals surface area (Å²) < 4.78 is 52.5. The lowest BCUT2D eigenvalue weighted by Crippen LogP contribution is -2.34. The zero-order valence-electron chi connectivity index (χ0n) is 24.9. The molecule has 1 aromatic carbocycles. The first-order chi connectivity index (χ1) is 20.8. The maximum absolute atomic E-state index is 13.0. The van der Waals surface area contributed by atoms with Crippen molar-refractivity contribution in [3.63, 3.8) is 0 Å². The summed E-state index contributed by atoms with van der Waals surface area (Å²) in [6.07, 6.45) is 1.29. The molecule has 44 heavy (non-hydrogen) atoms. The van der Waals surface area contributed by atoms with Crippen molar-refractivity contribution in [3.8, 4) is 23.0 Å². The number of aromatic nitrogens is 2. The predicted octanol–water partition coefficient (Wildman–Crippen LogP) is 5.43. The minimum atomic E-state index is -3.05. The third kappa shape index (κ3) is 8.88. The first-order valence-corrected chi connectivity index (χ1v) is 13.9. The molecule has 0 radical (unpaired) electrons. The topological polar surface area (TPSA) is 151 Å². The van der Waals surface area contributed by atoms with Crippen molar-refractivity contribution in [2.45, 2.75) is 65.3 Å². The fourth-order valence-corrected chi connectivity index (χ4v) is 3.98. The van der Waals surface area contributed by atoms with Crippen molar-refractivity contribution in [1.82, 2.24) is 20.6 Å². The quantitative estimate of drug-likeness (QED) is 0.252. The van der Waals surface area contributed by atoms with Gasteiger partial charge in [0.25, 0.3) is 5.91 Å². The van der Waals surface area contributed by atoms with Crippen LogP contribution in [0.4, 0.5) is 13.6 Å². The average Bonchev–Trinajstić information content (AvgIpc) is 3.70. The van der Waals surface area contributed by atoms with Crippen LogP contribution in [-0.2, 0) is 16.0 Å². The maximum atomic E-state index is 13.0. The molecule has 2 N–H and O–H groups in total. The number of methoxy groups -OCH3 is 1. The van der Waals surface area contributed by atoms with Crippen LogP contribution in [-0.4, -0.2) is 53.9 Å². The van der Waals surface area contributed by atoms with Gasteiger partial charge in [-0.3, -0.25) is 4.79 Å². The van der Waals surface area contributed by atoms with E-state index in [4.69, 9.17) is 13.9 Å². The number of benzene rings is 1. The number of alkyl halides is 2. The van der Waals surface area contributed by atoms with Crippen LogP contribution in [0.3, 0.4) is 0 Å². The number of hydrogen-bond donors (Lipinski definition) is 2. The minimum absolute atomic E-state index is 0.0369. The van der Waals surface area contributed by atoms with Gasteiger partial charge in [0.1, 0.15) is 22.7 Å². The molecule has 4 rings (SSSR count). The van der Waals surface area contributed by atoms with Gasteiger partial charge >= 0.3 is 18.7 Å². The molecule has 1 saturated carbocycles. The molecule has 1 atom stereocenters. The second-order valence-electron chi connectivity index (χ2n) is 11.1. The molecule has 0 aliphatic heterocycles. The molecule has 2 heterocycles. The van der Waals surface area contributed by atoms with Crippen molar-refractivity contribution in [1.29, 1.82) is 0 Å². The number of ether oxygens (including phenoxy) is 4. The number of carbonyl (C=O) groups excluding carboxylic acids is 3. The Morgan fingerprint density at radius 2 is 1.80 bits per heavy atom. The SMILES string of the molecule is COC(=O)c1cccc(C(=O)NCc2nc(-c3ccc(OC(F)F)c(OCC4CC4)c3)oc2[C@H](C)NC(=O)OC(C)(C)C)n1. The number of carbonyl (C=O) groups is 3. The molecule has 0 unspecified atom stereocenters. The minimum Gasteiger partial charge on any atom is -0.489 e. The fourth-order valence-electron chi connectivity index (χ4n) is 3.98. The first-order valence-electron chi connectivity index (χ1n) is 13.9. The summed E-state index contributed by atoms with van der Waals surface area (Å²) in [4.78, 5) is 45.8. The molecule has 1 fully saturated rings. The van der Waals surface area contributed by atoms with Gasteiger partial charge in [0.05, 0.1) is 26.3 Å². The van der Waals surface area contributed by atoms with Crippen LogP contribution in [0.5, 0.6) is 11.5 Å². The molecule has 2 aromatic heterocycles. The van der Waals surface area contributed by atoms with E-state index in [1.165, 1.54) is 43.5 Å². The van der Waals surface area contributed by atoms with Gasteiger partial charge < -0.3 is 34.0 Å². The Bertz CT molecular complexity index is 1500. The molecule has 236 valence electrons. The van der Waals surface area contributed by atoms with Gasteiger partial charge in [-0.1, -0.05) is 6.07 Å². The van der Waals surface area contributed by atoms with E-state index in [-0.39, 0.29) is 46.8 Å². The number of hydrogen-bond acceptors (Lipinski definition) is 10. The average molecular weight is 617 g/mol. The van der Waals surface area contributed by atoms with E-state index >= 15 is 0 Å². The van der Waals surface area contributed by atoms with Crippen molar-refractivity contribution in [2.24, 2.45) is 5.92 Å². The van der Waals surface area contributed by atoms with Gasteiger partial charge in [0.15, 0.2) is 17.3 Å². The number of alkyl carbamates (subject to hydrolysis) is 1. The third-order valence-corrected chi connectivity index (χ3v) is 6.22. The second-order valence-corrected chi connectivity index (χ2v) is 11.1. The van der Waals surface area contributed by atoms with Gasteiger partial charge in [0.2, 0.25) is 5.89 Å². The second kappa shape index (κ2) is 13.7. The summed E-state index contributed by atoms with van der Waals surface area (Å²) in [6.45, 7) is 3.95. The van der Waals surface area contributed by atoms with Gasteiger partial charge in [-0.2, -0.15) is 8.78 Å². The molecule has 2 amide bonds. The Labute approximate surface area is 252 Å². The molecular weight excluding hydrogens is 582 g/mol. The molecule has 1 aliphatic carbocycles. The molecule has 3 aromatic rings. The van der Waals surface area contributed by atoms with Crippen LogP contribution in [0, 0.1) is 5.92 Å². The zero-order valence-corrected chi connectivity index (χ0v) is 24.9. The van der Waals surface area contributed by atoms with Gasteiger partial charge in [-0.15, -0.1) is 0 Å². The van der Waals surface area contributed by atoms with Crippen molar-refractivity contribution in [3.05, 3.63) is 59.2 Å². The van der Waals surface area contributed by atoms with Crippen LogP contribution in [0.25, 0.3) is 11.5 Å². The lowest BCUT2D eigenvalue weighted by atomic mass is 10.2. The first kappa shape index (κ1) is 32.2. The van der Waals surface area contributed by atoms with Crippen LogP contribution in [0.2, 0.25) is 0 Å². The number of amides is 2. The number of nitrogens with one attached hydrogen (secondary N) is 2. The summed E-state index contributed by atoms with van der Waals surface area (Å²) in [6, 6.07) is 7.86. The van der Waals surface area contributed by atoms with Crippen molar-refractivity contribution >= 4 is 18.0 Å². The zero-order chi connectivity index (χ0) is 32.0. The van der Waals surface area contributed by atoms with E-state index in [1.807, 2.05) is 0 Å². The summed E-state index contributed by atoms with van der Waals surface area (Å²) in [5.41, 5.74) is -0.191. The van der Waals surface area contributed by atoms with Gasteiger partial charge in [-0.25, -0.2) is 19.6 Å². The number of oxazole rings is 1. The van der Waals surface area contributed by atoms with E-state index in [2.05, 4.69) is 30.1 Å². The number of esters is 1. The molecule has 0 saturated heterocycles. The molecular formula is C30H34F2N4O8. The molecule has 14 heteroatoms. The Balaban J connectivity index is 1.62. The number of halogens is 2. The highest BCUT2D eigenvalue weighted by Gasteiger charge is 2.27. The highest BCUT2D eigenvalue weighted by atomic mass is 19.3. The van der Waals surface area contributed by atoms with E-state index in [1.54, 1.807) is 27.7 Å². The highest BCUT2D eigenvalue weighted by Crippen LogP contribution is 2.37. The summed E-state index contributed by atoms with van der Waals surface area (Å²) in [5, 5.41) is 5.37. The van der Waals surface area contributed by atoms with E-state index in [0.717, 1.165) is 12.8 Å². The molecule has 12 nitrogen and oxygen atoms in total. The van der Waals surface area contributed by atoms with Gasteiger partial charge in [-0.05, 0) is 76.8 Å². The molecule has 0 bridgehead atoms. The maximum Gasteiger partial charge on any atom is 0.408 e. The van der Waals surface area contributed by atoms with E-state index in [0.29, 0.717) is 18.1 Å². The lowest BCUT2D eigenvalue weighted by molar-refractivity contribution is -0.0515. The van der Waals surface area contributed by atoms with Crippen LogP contribution < -0.4 is 20.1 Å². The Morgan fingerprint density at radius 1 is 1.07 bits per heavy atom. The number of rotatable bonds is 12. The Kier molecular flexibility index (Phi) is 10.0. The Morgan fingerprint density at radius 3 is 2.45 bits per heavy atom. The fraction of sp³-hybridized carbons (Fsp3) is 0.433. The van der Waals surface area contributed by atoms with Crippen LogP contribution >= 0.6 is 0 Å². The van der Waals surface area contributed by atoms with Crippen molar-refractivity contribution in [2.75, 3.05) is 13.7 Å². The van der Waals surface area contributed by atoms with Crippen LogP contribution in [0.15, 0.2) is 40.8 Å². The normalized spacial score (nSPS) is 13.6. The predicted molar refractivity (Wildman–Crippen MR) is 151 cm³/mol. The van der Waals surface area contributed by atoms with E-state index in [9.17, 15) is 23.2 Å². The lowest BCUT2D eigenvalue weighted by Gasteiger charge is -2.21. The highest BCUT2D eigenvalue weighted by molar-refractivity contribution is 5.94. The largest absolute Gasteiger partial charge is 0.489 e. The monoisotopic (exact) mass is 616 g/mol. The molecule has 1 aliphatic rings. The molecule has 0 spiro atoms. The summed E-state index contributed by atoms with van der Waals surface area (Å²) in [5.74, 6) is -0.710. The van der Waals surface area contributed by atoms with Crippen molar-refractivity contribution < 1.29 is 46.5 Å².